The zero-order valence-electron chi connectivity index (χ0n) is 16.0. The van der Waals surface area contributed by atoms with Crippen molar-refractivity contribution in [2.24, 2.45) is 11.1 Å². The Morgan fingerprint density at radius 2 is 1.88 bits per heavy atom. The quantitative estimate of drug-likeness (QED) is 0.716. The van der Waals surface area contributed by atoms with E-state index >= 15 is 0 Å². The second kappa shape index (κ2) is 7.99. The fraction of sp³-hybridized carbons (Fsp3) is 0.632. The number of hydrogen-bond donors (Lipinski definition) is 2. The minimum absolute atomic E-state index is 0.0958. The smallest absolute Gasteiger partial charge is 0.228 e. The van der Waals surface area contributed by atoms with Gasteiger partial charge in [-0.3, -0.25) is 4.79 Å². The van der Waals surface area contributed by atoms with Gasteiger partial charge in [-0.2, -0.15) is 0 Å². The fourth-order valence-electron chi connectivity index (χ4n) is 2.45. The molecule has 0 fully saturated rings. The van der Waals surface area contributed by atoms with Crippen molar-refractivity contribution in [2.75, 3.05) is 25.9 Å². The van der Waals surface area contributed by atoms with E-state index in [1.807, 2.05) is 59.9 Å². The highest BCUT2D eigenvalue weighted by Crippen LogP contribution is 2.25. The molecule has 0 aliphatic heterocycles. The minimum Gasteiger partial charge on any atom is -0.399 e. The molecule has 1 rings (SSSR count). The molecule has 5 nitrogen and oxygen atoms in total. The lowest BCUT2D eigenvalue weighted by Crippen LogP contribution is -2.40. The number of anilines is 1. The number of hydrogen-bond acceptors (Lipinski definition) is 4. The van der Waals surface area contributed by atoms with Gasteiger partial charge in [-0.25, -0.2) is 0 Å². The Bertz CT molecular complexity index is 568. The van der Waals surface area contributed by atoms with Crippen LogP contribution in [0.5, 0.6) is 0 Å². The minimum atomic E-state index is -0.492. The van der Waals surface area contributed by atoms with Gasteiger partial charge in [-0.15, -0.1) is 0 Å². The molecule has 0 saturated heterocycles. The van der Waals surface area contributed by atoms with Crippen LogP contribution in [0.1, 0.15) is 45.2 Å². The number of ether oxygens (including phenoxy) is 1. The third-order valence-electron chi connectivity index (χ3n) is 4.42. The van der Waals surface area contributed by atoms with Crippen LogP contribution in [0.25, 0.3) is 0 Å². The SMILES string of the molecule is Cc1ccc(N)cc1CN(C)C(=O)C(C)(C)CCOC(C)(C)CN. The van der Waals surface area contributed by atoms with Crippen LogP contribution in [0.3, 0.4) is 0 Å². The van der Waals surface area contributed by atoms with Gasteiger partial charge in [0.15, 0.2) is 0 Å². The first-order chi connectivity index (χ1) is 11.0. The van der Waals surface area contributed by atoms with E-state index in [0.29, 0.717) is 31.8 Å². The van der Waals surface area contributed by atoms with Crippen molar-refractivity contribution in [3.05, 3.63) is 29.3 Å². The number of aryl methyl sites for hydroxylation is 1. The van der Waals surface area contributed by atoms with E-state index in [1.54, 1.807) is 4.90 Å². The van der Waals surface area contributed by atoms with Gasteiger partial charge in [0, 0.05) is 37.8 Å². The van der Waals surface area contributed by atoms with Gasteiger partial charge in [0.05, 0.1) is 5.60 Å². The van der Waals surface area contributed by atoms with E-state index in [2.05, 4.69) is 0 Å². The number of nitrogens with zero attached hydrogens (tertiary/aromatic N) is 1. The monoisotopic (exact) mass is 335 g/mol. The molecule has 0 heterocycles. The number of nitrogens with two attached hydrogens (primary N) is 2. The first-order valence-corrected chi connectivity index (χ1v) is 8.43. The standard InChI is InChI=1S/C19H33N3O2/c1-14-7-8-16(21)11-15(14)12-22(6)17(23)18(2,3)9-10-24-19(4,5)13-20/h7-8,11H,9-10,12-13,20-21H2,1-6H3. The number of amides is 1. The number of nitrogen functional groups attached to an aromatic ring is 1. The summed E-state index contributed by atoms with van der Waals surface area (Å²) in [5.41, 5.74) is 13.6. The van der Waals surface area contributed by atoms with E-state index in [-0.39, 0.29) is 11.5 Å². The van der Waals surface area contributed by atoms with E-state index in [9.17, 15) is 4.79 Å². The number of rotatable bonds is 8. The Morgan fingerprint density at radius 1 is 1.25 bits per heavy atom. The zero-order valence-corrected chi connectivity index (χ0v) is 16.0. The van der Waals surface area contributed by atoms with Crippen LogP contribution in [-0.4, -0.2) is 36.6 Å². The molecule has 0 spiro atoms. The maximum Gasteiger partial charge on any atom is 0.228 e. The van der Waals surface area contributed by atoms with Gasteiger partial charge in [-0.05, 0) is 50.5 Å². The average Bonchev–Trinajstić information content (AvgIpc) is 2.49. The van der Waals surface area contributed by atoms with Gasteiger partial charge in [0.1, 0.15) is 0 Å². The van der Waals surface area contributed by atoms with Crippen LogP contribution in [0, 0.1) is 12.3 Å². The molecule has 0 aromatic heterocycles. The van der Waals surface area contributed by atoms with Crippen LogP contribution < -0.4 is 11.5 Å². The number of benzene rings is 1. The van der Waals surface area contributed by atoms with Crippen molar-refractivity contribution < 1.29 is 9.53 Å². The molecule has 4 N–H and O–H groups in total. The highest BCUT2D eigenvalue weighted by Gasteiger charge is 2.31. The van der Waals surface area contributed by atoms with Gasteiger partial charge in [-0.1, -0.05) is 19.9 Å². The Kier molecular flexibility index (Phi) is 6.81. The molecule has 24 heavy (non-hydrogen) atoms. The van der Waals surface area contributed by atoms with Crippen LogP contribution in [0.4, 0.5) is 5.69 Å². The van der Waals surface area contributed by atoms with E-state index in [4.69, 9.17) is 16.2 Å². The van der Waals surface area contributed by atoms with Gasteiger partial charge < -0.3 is 21.1 Å². The highest BCUT2D eigenvalue weighted by atomic mass is 16.5. The molecular weight excluding hydrogens is 302 g/mol. The molecule has 0 aliphatic carbocycles. The number of carbonyl (C=O) groups excluding carboxylic acids is 1. The summed E-state index contributed by atoms with van der Waals surface area (Å²) in [7, 11) is 1.83. The first-order valence-electron chi connectivity index (χ1n) is 8.43. The summed E-state index contributed by atoms with van der Waals surface area (Å²) in [5, 5.41) is 0. The van der Waals surface area contributed by atoms with E-state index < -0.39 is 5.41 Å². The summed E-state index contributed by atoms with van der Waals surface area (Å²) in [6.45, 7) is 11.4. The lowest BCUT2D eigenvalue weighted by atomic mass is 9.87. The van der Waals surface area contributed by atoms with Crippen molar-refractivity contribution in [1.29, 1.82) is 0 Å². The third kappa shape index (κ3) is 5.80. The summed E-state index contributed by atoms with van der Waals surface area (Å²) >= 11 is 0. The average molecular weight is 335 g/mol. The van der Waals surface area contributed by atoms with Crippen molar-refractivity contribution in [1.82, 2.24) is 4.90 Å². The summed E-state index contributed by atoms with van der Waals surface area (Å²) in [5.74, 6) is 0.0958. The number of carbonyl (C=O) groups is 1. The molecule has 0 aliphatic rings. The van der Waals surface area contributed by atoms with Crippen molar-refractivity contribution in [3.8, 4) is 0 Å². The molecular formula is C19H33N3O2. The van der Waals surface area contributed by atoms with Crippen LogP contribution in [-0.2, 0) is 16.1 Å². The Morgan fingerprint density at radius 3 is 2.46 bits per heavy atom. The van der Waals surface area contributed by atoms with Crippen LogP contribution in [0.2, 0.25) is 0 Å². The molecule has 5 heteroatoms. The summed E-state index contributed by atoms with van der Waals surface area (Å²) < 4.78 is 5.79. The molecule has 0 saturated carbocycles. The topological polar surface area (TPSA) is 81.6 Å². The highest BCUT2D eigenvalue weighted by molar-refractivity contribution is 5.81. The molecule has 0 radical (unpaired) electrons. The summed E-state index contributed by atoms with van der Waals surface area (Å²) in [4.78, 5) is 14.6. The Balaban J connectivity index is 2.67. The predicted octanol–water partition coefficient (Wildman–Crippen LogP) is 2.71. The fourth-order valence-corrected chi connectivity index (χ4v) is 2.45. The summed E-state index contributed by atoms with van der Waals surface area (Å²) in [6.07, 6.45) is 0.648. The normalized spacial score (nSPS) is 12.3. The van der Waals surface area contributed by atoms with E-state index in [0.717, 1.165) is 11.1 Å². The molecule has 1 aromatic carbocycles. The largest absolute Gasteiger partial charge is 0.399 e. The van der Waals surface area contributed by atoms with Crippen molar-refractivity contribution in [2.45, 2.75) is 53.2 Å². The van der Waals surface area contributed by atoms with Crippen molar-refractivity contribution >= 4 is 11.6 Å². The molecule has 0 atom stereocenters. The third-order valence-corrected chi connectivity index (χ3v) is 4.42. The Labute approximate surface area is 146 Å². The molecule has 136 valence electrons. The van der Waals surface area contributed by atoms with Gasteiger partial charge in [0.25, 0.3) is 0 Å². The lowest BCUT2D eigenvalue weighted by Gasteiger charge is -2.31. The zero-order chi connectivity index (χ0) is 18.5. The van der Waals surface area contributed by atoms with Crippen LogP contribution in [0.15, 0.2) is 18.2 Å². The maximum atomic E-state index is 12.8. The van der Waals surface area contributed by atoms with Crippen molar-refractivity contribution in [3.63, 3.8) is 0 Å². The molecule has 0 unspecified atom stereocenters. The second-order valence-corrected chi connectivity index (χ2v) is 7.79. The maximum absolute atomic E-state index is 12.8. The van der Waals surface area contributed by atoms with Crippen LogP contribution >= 0.6 is 0 Å². The predicted molar refractivity (Wildman–Crippen MR) is 99.5 cm³/mol. The lowest BCUT2D eigenvalue weighted by molar-refractivity contribution is -0.141. The molecule has 0 bridgehead atoms. The second-order valence-electron chi connectivity index (χ2n) is 7.79. The summed E-state index contributed by atoms with van der Waals surface area (Å²) in [6, 6.07) is 5.79. The molecule has 1 aromatic rings. The molecule has 1 amide bonds. The van der Waals surface area contributed by atoms with Gasteiger partial charge in [0.2, 0.25) is 5.91 Å². The first kappa shape index (κ1) is 20.5. The van der Waals surface area contributed by atoms with E-state index in [1.165, 1.54) is 0 Å². The Hall–Kier alpha value is -1.59. The van der Waals surface area contributed by atoms with Gasteiger partial charge >= 0.3 is 0 Å².